The van der Waals surface area contributed by atoms with Crippen LogP contribution in [0.3, 0.4) is 0 Å². The Morgan fingerprint density at radius 2 is 2.06 bits per heavy atom. The summed E-state index contributed by atoms with van der Waals surface area (Å²) in [7, 11) is 1.95. The molecule has 17 heavy (non-hydrogen) atoms. The molecular formula is C14H16N2O. The number of aromatic nitrogens is 1. The van der Waals surface area contributed by atoms with Gasteiger partial charge in [-0.3, -0.25) is 0 Å². The molecule has 1 aliphatic rings. The van der Waals surface area contributed by atoms with Crippen LogP contribution in [0, 0.1) is 0 Å². The minimum atomic E-state index is -0.313. The average Bonchev–Trinajstić information content (AvgIpc) is 2.79. The van der Waals surface area contributed by atoms with Gasteiger partial charge >= 0.3 is 0 Å². The van der Waals surface area contributed by atoms with Crippen molar-refractivity contribution >= 4 is 0 Å². The second-order valence-corrected chi connectivity index (χ2v) is 4.59. The molecule has 1 N–H and O–H groups in total. The van der Waals surface area contributed by atoms with Gasteiger partial charge in [-0.15, -0.1) is 0 Å². The van der Waals surface area contributed by atoms with Crippen LogP contribution in [0.5, 0.6) is 5.75 Å². The molecule has 3 heteroatoms. The number of fused-ring (bicyclic) bond motifs is 3. The van der Waals surface area contributed by atoms with Gasteiger partial charge in [-0.2, -0.15) is 0 Å². The van der Waals surface area contributed by atoms with Crippen molar-refractivity contribution in [3.05, 3.63) is 48.3 Å². The molecule has 1 aromatic heterocycles. The maximum atomic E-state index is 6.16. The maximum absolute atomic E-state index is 6.16. The van der Waals surface area contributed by atoms with E-state index >= 15 is 0 Å². The number of rotatable bonds is 2. The number of ether oxygens (including phenoxy) is 1. The number of hydrogen-bond donors (Lipinski definition) is 1. The van der Waals surface area contributed by atoms with Crippen LogP contribution in [0.15, 0.2) is 42.6 Å². The van der Waals surface area contributed by atoms with Crippen LogP contribution >= 0.6 is 0 Å². The fourth-order valence-electron chi connectivity index (χ4n) is 2.52. The SMILES string of the molecule is CNCC1(C)Oc2ccccc2-n2cccc21. The van der Waals surface area contributed by atoms with Crippen LogP contribution in [-0.2, 0) is 5.60 Å². The normalized spacial score (nSPS) is 21.5. The van der Waals surface area contributed by atoms with Crippen molar-refractivity contribution in [3.63, 3.8) is 0 Å². The first-order valence-corrected chi connectivity index (χ1v) is 5.85. The molecule has 0 spiro atoms. The predicted octanol–water partition coefficient (Wildman–Crippen LogP) is 2.30. The van der Waals surface area contributed by atoms with Gasteiger partial charge in [0.25, 0.3) is 0 Å². The van der Waals surface area contributed by atoms with Crippen LogP contribution in [0.1, 0.15) is 12.6 Å². The molecule has 1 unspecified atom stereocenters. The lowest BCUT2D eigenvalue weighted by molar-refractivity contribution is 0.0732. The minimum absolute atomic E-state index is 0.313. The fraction of sp³-hybridized carbons (Fsp3) is 0.286. The van der Waals surface area contributed by atoms with Gasteiger partial charge in [-0.1, -0.05) is 12.1 Å². The van der Waals surface area contributed by atoms with Crippen molar-refractivity contribution in [3.8, 4) is 11.4 Å². The first kappa shape index (κ1) is 10.4. The first-order valence-electron chi connectivity index (χ1n) is 5.85. The molecule has 0 amide bonds. The van der Waals surface area contributed by atoms with E-state index in [0.717, 1.165) is 18.0 Å². The van der Waals surface area contributed by atoms with Crippen LogP contribution in [0.4, 0.5) is 0 Å². The quantitative estimate of drug-likeness (QED) is 0.853. The highest BCUT2D eigenvalue weighted by molar-refractivity contribution is 5.51. The zero-order chi connectivity index (χ0) is 11.9. The molecular weight excluding hydrogens is 212 g/mol. The number of para-hydroxylation sites is 2. The third-order valence-electron chi connectivity index (χ3n) is 3.26. The maximum Gasteiger partial charge on any atom is 0.159 e. The highest BCUT2D eigenvalue weighted by atomic mass is 16.5. The summed E-state index contributed by atoms with van der Waals surface area (Å²) in [6.07, 6.45) is 2.09. The lowest BCUT2D eigenvalue weighted by Gasteiger charge is -2.36. The summed E-state index contributed by atoms with van der Waals surface area (Å²) in [5, 5.41) is 3.20. The van der Waals surface area contributed by atoms with E-state index in [4.69, 9.17) is 4.74 Å². The highest BCUT2D eigenvalue weighted by Gasteiger charge is 2.36. The van der Waals surface area contributed by atoms with Crippen molar-refractivity contribution in [1.82, 2.24) is 9.88 Å². The van der Waals surface area contributed by atoms with Crippen LogP contribution in [0.25, 0.3) is 5.69 Å². The minimum Gasteiger partial charge on any atom is -0.478 e. The number of nitrogens with one attached hydrogen (secondary N) is 1. The molecule has 3 nitrogen and oxygen atoms in total. The van der Waals surface area contributed by atoms with Gasteiger partial charge < -0.3 is 14.6 Å². The van der Waals surface area contributed by atoms with Crippen molar-refractivity contribution in [2.24, 2.45) is 0 Å². The Morgan fingerprint density at radius 3 is 2.88 bits per heavy atom. The molecule has 0 fully saturated rings. The van der Waals surface area contributed by atoms with Crippen molar-refractivity contribution in [2.75, 3.05) is 13.6 Å². The number of likely N-dealkylation sites (N-methyl/N-ethyl adjacent to an activating group) is 1. The van der Waals surface area contributed by atoms with Gasteiger partial charge in [-0.05, 0) is 38.2 Å². The second-order valence-electron chi connectivity index (χ2n) is 4.59. The standard InChI is InChI=1S/C14H16N2O/c1-14(10-15-2)13-8-5-9-16(13)11-6-3-4-7-12(11)17-14/h3-9,15H,10H2,1-2H3. The fourth-order valence-corrected chi connectivity index (χ4v) is 2.52. The Labute approximate surface area is 101 Å². The lowest BCUT2D eigenvalue weighted by atomic mass is 9.99. The van der Waals surface area contributed by atoms with E-state index in [1.165, 1.54) is 5.69 Å². The Bertz CT molecular complexity index is 547. The Balaban J connectivity index is 2.19. The van der Waals surface area contributed by atoms with Crippen molar-refractivity contribution in [2.45, 2.75) is 12.5 Å². The van der Waals surface area contributed by atoms with Crippen LogP contribution in [-0.4, -0.2) is 18.2 Å². The Kier molecular flexibility index (Phi) is 2.23. The first-order chi connectivity index (χ1) is 8.24. The predicted molar refractivity (Wildman–Crippen MR) is 67.7 cm³/mol. The number of benzene rings is 1. The molecule has 0 aliphatic carbocycles. The van der Waals surface area contributed by atoms with Gasteiger partial charge in [0.1, 0.15) is 5.75 Å². The smallest absolute Gasteiger partial charge is 0.159 e. The molecule has 0 saturated heterocycles. The zero-order valence-corrected chi connectivity index (χ0v) is 10.1. The molecule has 0 bridgehead atoms. The monoisotopic (exact) mass is 228 g/mol. The van der Waals surface area contributed by atoms with E-state index in [1.54, 1.807) is 0 Å². The third kappa shape index (κ3) is 1.46. The molecule has 0 radical (unpaired) electrons. The second kappa shape index (κ2) is 3.64. The van der Waals surface area contributed by atoms with E-state index in [0.29, 0.717) is 0 Å². The zero-order valence-electron chi connectivity index (χ0n) is 10.1. The molecule has 1 atom stereocenters. The summed E-state index contributed by atoms with van der Waals surface area (Å²) < 4.78 is 8.37. The number of nitrogens with zero attached hydrogens (tertiary/aromatic N) is 1. The molecule has 88 valence electrons. The van der Waals surface area contributed by atoms with Gasteiger partial charge in [0, 0.05) is 12.7 Å². The van der Waals surface area contributed by atoms with E-state index in [1.807, 2.05) is 25.2 Å². The summed E-state index contributed by atoms with van der Waals surface area (Å²) in [6, 6.07) is 12.3. The molecule has 3 rings (SSSR count). The average molecular weight is 228 g/mol. The summed E-state index contributed by atoms with van der Waals surface area (Å²) in [4.78, 5) is 0. The van der Waals surface area contributed by atoms with Crippen molar-refractivity contribution < 1.29 is 4.74 Å². The lowest BCUT2D eigenvalue weighted by Crippen LogP contribution is -2.43. The number of hydrogen-bond acceptors (Lipinski definition) is 2. The molecule has 2 aromatic rings. The van der Waals surface area contributed by atoms with Gasteiger partial charge in [0.05, 0.1) is 11.4 Å². The highest BCUT2D eigenvalue weighted by Crippen LogP contribution is 2.38. The molecule has 1 aliphatic heterocycles. The van der Waals surface area contributed by atoms with E-state index in [-0.39, 0.29) is 5.60 Å². The van der Waals surface area contributed by atoms with E-state index in [9.17, 15) is 0 Å². The Hall–Kier alpha value is -1.74. The van der Waals surface area contributed by atoms with Gasteiger partial charge in [0.15, 0.2) is 5.60 Å². The third-order valence-corrected chi connectivity index (χ3v) is 3.26. The molecule has 1 aromatic carbocycles. The van der Waals surface area contributed by atoms with Crippen LogP contribution < -0.4 is 10.1 Å². The van der Waals surface area contributed by atoms with Gasteiger partial charge in [0.2, 0.25) is 0 Å². The summed E-state index contributed by atoms with van der Waals surface area (Å²) in [5.41, 5.74) is 1.98. The van der Waals surface area contributed by atoms with Gasteiger partial charge in [-0.25, -0.2) is 0 Å². The summed E-state index contributed by atoms with van der Waals surface area (Å²) in [6.45, 7) is 2.90. The Morgan fingerprint density at radius 1 is 1.24 bits per heavy atom. The van der Waals surface area contributed by atoms with Crippen LogP contribution in [0.2, 0.25) is 0 Å². The van der Waals surface area contributed by atoms with E-state index in [2.05, 4.69) is 41.2 Å². The largest absolute Gasteiger partial charge is 0.478 e. The molecule has 0 saturated carbocycles. The molecule has 2 heterocycles. The summed E-state index contributed by atoms with van der Waals surface area (Å²) in [5.74, 6) is 0.939. The topological polar surface area (TPSA) is 26.2 Å². The van der Waals surface area contributed by atoms with E-state index < -0.39 is 0 Å². The summed E-state index contributed by atoms with van der Waals surface area (Å²) >= 11 is 0. The van der Waals surface area contributed by atoms with Crippen molar-refractivity contribution in [1.29, 1.82) is 0 Å².